The summed E-state index contributed by atoms with van der Waals surface area (Å²) in [5, 5.41) is 12.9. The Kier molecular flexibility index (Phi) is 7.99. The number of rotatable bonds is 10. The molecule has 0 saturated heterocycles. The van der Waals surface area contributed by atoms with E-state index < -0.39 is 22.0 Å². The monoisotopic (exact) mass is 524 g/mol. The first-order chi connectivity index (χ1) is 17.8. The quantitative estimate of drug-likeness (QED) is 0.213. The predicted molar refractivity (Wildman–Crippen MR) is 143 cm³/mol. The van der Waals surface area contributed by atoms with Crippen molar-refractivity contribution in [2.75, 3.05) is 29.8 Å². The zero-order chi connectivity index (χ0) is 26.6. The molecule has 37 heavy (non-hydrogen) atoms. The van der Waals surface area contributed by atoms with Gasteiger partial charge in [0.2, 0.25) is 11.8 Å². The molecule has 0 aliphatic carbocycles. The lowest BCUT2D eigenvalue weighted by atomic mass is 10.1. The van der Waals surface area contributed by atoms with Gasteiger partial charge in [0.25, 0.3) is 10.0 Å². The van der Waals surface area contributed by atoms with Gasteiger partial charge in [0.15, 0.2) is 0 Å². The largest absolute Gasteiger partial charge is 0.377 e. The normalized spacial score (nSPS) is 14.9. The molecule has 1 aliphatic rings. The van der Waals surface area contributed by atoms with Gasteiger partial charge in [-0.25, -0.2) is 13.9 Å². The third-order valence-corrected chi connectivity index (χ3v) is 8.49. The van der Waals surface area contributed by atoms with Crippen molar-refractivity contribution in [3.8, 4) is 0 Å². The Morgan fingerprint density at radius 3 is 2.46 bits per heavy atom. The summed E-state index contributed by atoms with van der Waals surface area (Å²) in [5.41, 5.74) is 3.82. The van der Waals surface area contributed by atoms with Crippen molar-refractivity contribution in [3.05, 3.63) is 66.2 Å². The number of anilines is 2. The van der Waals surface area contributed by atoms with Gasteiger partial charge in [0.1, 0.15) is 6.04 Å². The van der Waals surface area contributed by atoms with E-state index in [-0.39, 0.29) is 23.6 Å². The second kappa shape index (κ2) is 11.2. The predicted octanol–water partition coefficient (Wildman–Crippen LogP) is 3.21. The molecule has 1 aliphatic heterocycles. The van der Waals surface area contributed by atoms with Crippen molar-refractivity contribution in [3.63, 3.8) is 0 Å². The van der Waals surface area contributed by atoms with E-state index in [0.29, 0.717) is 36.9 Å². The average Bonchev–Trinajstić information content (AvgIpc) is 3.30. The molecule has 1 heterocycles. The minimum atomic E-state index is -4.08. The van der Waals surface area contributed by atoms with Crippen LogP contribution in [0.4, 0.5) is 11.4 Å². The van der Waals surface area contributed by atoms with Crippen LogP contribution in [0.3, 0.4) is 0 Å². The number of carbonyl (C=O) groups is 2. The van der Waals surface area contributed by atoms with Crippen molar-refractivity contribution in [2.45, 2.75) is 43.0 Å². The molecule has 3 aromatic carbocycles. The number of carbonyl (C=O) groups excluding carboxylic acids is 2. The number of para-hydroxylation sites is 1. The maximum atomic E-state index is 14.2. The van der Waals surface area contributed by atoms with Gasteiger partial charge < -0.3 is 10.2 Å². The number of fused-ring (bicyclic) bond motifs is 2. The summed E-state index contributed by atoms with van der Waals surface area (Å²) in [6, 6.07) is 17.1. The van der Waals surface area contributed by atoms with Gasteiger partial charge in [0.05, 0.1) is 10.6 Å². The fraction of sp³-hybridized carbons (Fsp3) is 0.333. The number of nitrogens with one attached hydrogen (secondary N) is 2. The molecule has 196 valence electrons. The Labute approximate surface area is 217 Å². The van der Waals surface area contributed by atoms with E-state index in [2.05, 4.69) is 5.32 Å². The lowest BCUT2D eigenvalue weighted by Crippen LogP contribution is -2.48. The molecule has 10 heteroatoms. The Morgan fingerprint density at radius 2 is 1.70 bits per heavy atom. The van der Waals surface area contributed by atoms with Gasteiger partial charge in [-0.2, -0.15) is 0 Å². The number of benzene rings is 3. The van der Waals surface area contributed by atoms with Crippen molar-refractivity contribution in [2.24, 2.45) is 0 Å². The second-order valence-corrected chi connectivity index (χ2v) is 11.1. The molecule has 3 aromatic rings. The maximum absolute atomic E-state index is 14.2. The van der Waals surface area contributed by atoms with Crippen LogP contribution in [0.1, 0.15) is 31.2 Å². The number of hydrogen-bond donors (Lipinski definition) is 3. The Balaban J connectivity index is 1.61. The summed E-state index contributed by atoms with van der Waals surface area (Å²) in [7, 11) is -0.259. The lowest BCUT2D eigenvalue weighted by molar-refractivity contribution is -0.129. The van der Waals surface area contributed by atoms with Crippen LogP contribution in [-0.4, -0.2) is 52.1 Å². The highest BCUT2D eigenvalue weighted by molar-refractivity contribution is 7.93. The maximum Gasteiger partial charge on any atom is 0.265 e. The van der Waals surface area contributed by atoms with Crippen LogP contribution < -0.4 is 20.0 Å². The van der Waals surface area contributed by atoms with Crippen LogP contribution in [0.5, 0.6) is 0 Å². The van der Waals surface area contributed by atoms with E-state index in [4.69, 9.17) is 5.21 Å². The summed E-state index contributed by atoms with van der Waals surface area (Å²) in [5.74, 6) is -0.804. The number of sulfonamides is 1. The highest BCUT2D eigenvalue weighted by Gasteiger charge is 2.42. The number of hydrogen-bond acceptors (Lipinski definition) is 6. The minimum Gasteiger partial charge on any atom is -0.377 e. The second-order valence-electron chi connectivity index (χ2n) is 9.31. The Bertz CT molecular complexity index is 1410. The molecular formula is C27H32N4O5S. The van der Waals surface area contributed by atoms with Crippen LogP contribution in [0, 0.1) is 0 Å². The van der Waals surface area contributed by atoms with Crippen molar-refractivity contribution >= 4 is 44.0 Å². The topological polar surface area (TPSA) is 119 Å². The first kappa shape index (κ1) is 26.4. The molecule has 3 N–H and O–H groups in total. The van der Waals surface area contributed by atoms with Crippen LogP contribution >= 0.6 is 0 Å². The Morgan fingerprint density at radius 1 is 0.973 bits per heavy atom. The van der Waals surface area contributed by atoms with E-state index in [1.54, 1.807) is 35.8 Å². The van der Waals surface area contributed by atoms with E-state index >= 15 is 0 Å². The SMILES string of the molecule is CN(C)c1cccc2c(S(=O)(=O)N3c4ccccc4CC3C(=O)NCCCCCC(=O)NO)cccc12. The number of unbranched alkanes of at least 4 members (excludes halogenated alkanes) is 2. The van der Waals surface area contributed by atoms with Crippen molar-refractivity contribution < 1.29 is 23.2 Å². The molecule has 0 aromatic heterocycles. The highest BCUT2D eigenvalue weighted by Crippen LogP contribution is 2.39. The van der Waals surface area contributed by atoms with Gasteiger partial charge in [-0.3, -0.25) is 19.1 Å². The summed E-state index contributed by atoms with van der Waals surface area (Å²) >= 11 is 0. The van der Waals surface area contributed by atoms with Gasteiger partial charge in [-0.15, -0.1) is 0 Å². The van der Waals surface area contributed by atoms with Crippen LogP contribution in [0.15, 0.2) is 65.6 Å². The zero-order valence-electron chi connectivity index (χ0n) is 21.0. The van der Waals surface area contributed by atoms with Gasteiger partial charge in [0, 0.05) is 49.9 Å². The van der Waals surface area contributed by atoms with Gasteiger partial charge >= 0.3 is 0 Å². The lowest BCUT2D eigenvalue weighted by Gasteiger charge is -2.27. The van der Waals surface area contributed by atoms with Crippen LogP contribution in [-0.2, 0) is 26.0 Å². The zero-order valence-corrected chi connectivity index (χ0v) is 21.8. The van der Waals surface area contributed by atoms with Gasteiger partial charge in [-0.1, -0.05) is 48.9 Å². The number of hydroxylamine groups is 1. The fourth-order valence-corrected chi connectivity index (χ4v) is 6.67. The van der Waals surface area contributed by atoms with Crippen molar-refractivity contribution in [1.82, 2.24) is 10.8 Å². The molecule has 0 bridgehead atoms. The fourth-order valence-electron chi connectivity index (χ4n) is 4.81. The standard InChI is InChI=1S/C27H32N4O5S/c1-30(2)23-14-8-12-21-20(23)11-9-15-25(21)37(35,36)31-22-13-6-5-10-19(22)18-24(31)27(33)28-17-7-3-4-16-26(32)29-34/h5-6,8-15,24,34H,3-4,7,16-18H2,1-2H3,(H,28,33)(H,29,32). The molecule has 2 amide bonds. The minimum absolute atomic E-state index is 0.158. The van der Waals surface area contributed by atoms with E-state index in [9.17, 15) is 18.0 Å². The smallest absolute Gasteiger partial charge is 0.265 e. The molecule has 0 radical (unpaired) electrons. The summed E-state index contributed by atoms with van der Waals surface area (Å²) in [4.78, 5) is 26.5. The van der Waals surface area contributed by atoms with Gasteiger partial charge in [-0.05, 0) is 36.6 Å². The third kappa shape index (κ3) is 5.40. The molecule has 0 saturated carbocycles. The van der Waals surface area contributed by atoms with E-state index in [0.717, 1.165) is 16.6 Å². The van der Waals surface area contributed by atoms with Crippen LogP contribution in [0.2, 0.25) is 0 Å². The first-order valence-corrected chi connectivity index (χ1v) is 13.7. The molecule has 9 nitrogen and oxygen atoms in total. The number of amides is 2. The Hall–Kier alpha value is -3.63. The molecule has 1 atom stereocenters. The molecule has 4 rings (SSSR count). The molecule has 1 unspecified atom stereocenters. The van der Waals surface area contributed by atoms with E-state index in [1.165, 1.54) is 4.31 Å². The summed E-state index contributed by atoms with van der Waals surface area (Å²) < 4.78 is 29.6. The summed E-state index contributed by atoms with van der Waals surface area (Å²) in [6.07, 6.45) is 2.38. The van der Waals surface area contributed by atoms with Crippen LogP contribution in [0.25, 0.3) is 10.8 Å². The average molecular weight is 525 g/mol. The first-order valence-electron chi connectivity index (χ1n) is 12.3. The summed E-state index contributed by atoms with van der Waals surface area (Å²) in [6.45, 7) is 0.362. The van der Waals surface area contributed by atoms with Crippen molar-refractivity contribution in [1.29, 1.82) is 0 Å². The number of nitrogens with zero attached hydrogens (tertiary/aromatic N) is 2. The highest BCUT2D eigenvalue weighted by atomic mass is 32.2. The third-order valence-electron chi connectivity index (χ3n) is 6.61. The molecule has 0 spiro atoms. The molecular weight excluding hydrogens is 492 g/mol. The molecule has 0 fully saturated rings. The van der Waals surface area contributed by atoms with E-state index in [1.807, 2.05) is 49.3 Å².